The fourth-order valence-electron chi connectivity index (χ4n) is 5.21. The third-order valence-electron chi connectivity index (χ3n) is 7.17. The van der Waals surface area contributed by atoms with Gasteiger partial charge < -0.3 is 0 Å². The van der Waals surface area contributed by atoms with Gasteiger partial charge >= 0.3 is 0 Å². The van der Waals surface area contributed by atoms with E-state index in [4.69, 9.17) is 0 Å². The molecular formula is C34H34N2+2. The highest BCUT2D eigenvalue weighted by Crippen LogP contribution is 2.30. The van der Waals surface area contributed by atoms with Crippen LogP contribution in [0.2, 0.25) is 0 Å². The topological polar surface area (TPSA) is 7.76 Å². The number of benzene rings is 3. The maximum Gasteiger partial charge on any atom is 0.213 e. The lowest BCUT2D eigenvalue weighted by Gasteiger charge is -2.16. The standard InChI is InChI=1S/C34H34N2/c1-25-14-8-9-18-30(25)34-22-26(2)32(28-15-6-5-7-16-28)24-36(34)23-27(3)29-17-10-11-19-31(29)33-20-12-13-21-35(33)4/h5-22,24,27H,23H2,1-4H3/q+2. The minimum Gasteiger partial charge on any atom is -0.201 e. The number of nitrogens with zero attached hydrogens (tertiary/aromatic N) is 2. The summed E-state index contributed by atoms with van der Waals surface area (Å²) in [6.07, 6.45) is 4.47. The molecule has 0 N–H and O–H groups in total. The van der Waals surface area contributed by atoms with Crippen molar-refractivity contribution in [1.82, 2.24) is 0 Å². The molecule has 5 rings (SSSR count). The van der Waals surface area contributed by atoms with E-state index in [0.717, 1.165) is 6.54 Å². The molecule has 5 aromatic rings. The highest BCUT2D eigenvalue weighted by atomic mass is 15.0. The molecule has 0 saturated carbocycles. The fraction of sp³-hybridized carbons (Fsp3) is 0.176. The lowest BCUT2D eigenvalue weighted by Crippen LogP contribution is -2.39. The summed E-state index contributed by atoms with van der Waals surface area (Å²) in [6, 6.07) is 37.0. The zero-order chi connectivity index (χ0) is 25.1. The average Bonchev–Trinajstić information content (AvgIpc) is 2.90. The van der Waals surface area contributed by atoms with Crippen LogP contribution >= 0.6 is 0 Å². The summed E-state index contributed by atoms with van der Waals surface area (Å²) in [5, 5.41) is 0. The van der Waals surface area contributed by atoms with Crippen LogP contribution in [0.3, 0.4) is 0 Å². The van der Waals surface area contributed by atoms with Gasteiger partial charge in [-0.15, -0.1) is 0 Å². The molecule has 3 aromatic carbocycles. The molecule has 1 unspecified atom stereocenters. The van der Waals surface area contributed by atoms with Crippen LogP contribution in [0, 0.1) is 13.8 Å². The summed E-state index contributed by atoms with van der Waals surface area (Å²) in [7, 11) is 2.12. The van der Waals surface area contributed by atoms with Gasteiger partial charge in [0.15, 0.2) is 18.9 Å². The van der Waals surface area contributed by atoms with E-state index in [9.17, 15) is 0 Å². The van der Waals surface area contributed by atoms with Crippen molar-refractivity contribution in [3.8, 4) is 33.6 Å². The van der Waals surface area contributed by atoms with E-state index in [-0.39, 0.29) is 0 Å². The van der Waals surface area contributed by atoms with E-state index >= 15 is 0 Å². The number of aryl methyl sites for hydroxylation is 3. The van der Waals surface area contributed by atoms with Gasteiger partial charge in [-0.05, 0) is 54.3 Å². The zero-order valence-corrected chi connectivity index (χ0v) is 21.6. The van der Waals surface area contributed by atoms with Crippen LogP contribution in [0.5, 0.6) is 0 Å². The highest BCUT2D eigenvalue weighted by molar-refractivity contribution is 5.69. The maximum atomic E-state index is 2.46. The van der Waals surface area contributed by atoms with E-state index < -0.39 is 0 Å². The van der Waals surface area contributed by atoms with Crippen LogP contribution in [0.1, 0.15) is 29.5 Å². The highest BCUT2D eigenvalue weighted by Gasteiger charge is 2.24. The van der Waals surface area contributed by atoms with Crippen LogP contribution in [0.4, 0.5) is 0 Å². The Balaban J connectivity index is 1.63. The molecule has 2 aromatic heterocycles. The Kier molecular flexibility index (Phi) is 6.77. The molecule has 0 aliphatic carbocycles. The molecule has 0 saturated heterocycles. The van der Waals surface area contributed by atoms with E-state index in [1.165, 1.54) is 50.3 Å². The Hall–Kier alpha value is -4.04. The van der Waals surface area contributed by atoms with Gasteiger partial charge in [-0.25, -0.2) is 4.57 Å². The van der Waals surface area contributed by atoms with E-state index in [1.54, 1.807) is 0 Å². The molecule has 0 bridgehead atoms. The summed E-state index contributed by atoms with van der Waals surface area (Å²) >= 11 is 0. The Morgan fingerprint density at radius 3 is 2.06 bits per heavy atom. The average molecular weight is 471 g/mol. The van der Waals surface area contributed by atoms with Gasteiger partial charge in [0, 0.05) is 40.8 Å². The Bertz CT molecular complexity index is 1500. The van der Waals surface area contributed by atoms with E-state index in [2.05, 4.69) is 152 Å². The first-order valence-electron chi connectivity index (χ1n) is 12.7. The second-order valence-electron chi connectivity index (χ2n) is 9.77. The minimum absolute atomic E-state index is 0.320. The van der Waals surface area contributed by atoms with Crippen molar-refractivity contribution in [2.24, 2.45) is 7.05 Å². The van der Waals surface area contributed by atoms with Crippen molar-refractivity contribution in [3.05, 3.63) is 132 Å². The van der Waals surface area contributed by atoms with Crippen molar-refractivity contribution in [3.63, 3.8) is 0 Å². The van der Waals surface area contributed by atoms with Gasteiger partial charge in [0.2, 0.25) is 11.4 Å². The molecule has 2 nitrogen and oxygen atoms in total. The molecule has 36 heavy (non-hydrogen) atoms. The van der Waals surface area contributed by atoms with Crippen LogP contribution in [0.25, 0.3) is 33.6 Å². The summed E-state index contributed by atoms with van der Waals surface area (Å²) in [5.74, 6) is 0.320. The maximum absolute atomic E-state index is 2.46. The molecule has 0 spiro atoms. The normalized spacial score (nSPS) is 11.9. The third-order valence-corrected chi connectivity index (χ3v) is 7.17. The van der Waals surface area contributed by atoms with Crippen LogP contribution in [-0.4, -0.2) is 0 Å². The Labute approximate surface area is 215 Å². The molecule has 0 fully saturated rings. The summed E-state index contributed by atoms with van der Waals surface area (Å²) in [6.45, 7) is 7.66. The second-order valence-corrected chi connectivity index (χ2v) is 9.77. The lowest BCUT2D eigenvalue weighted by molar-refractivity contribution is -0.688. The van der Waals surface area contributed by atoms with Gasteiger partial charge in [0.1, 0.15) is 7.05 Å². The predicted molar refractivity (Wildman–Crippen MR) is 148 cm³/mol. The van der Waals surface area contributed by atoms with Crippen molar-refractivity contribution >= 4 is 0 Å². The van der Waals surface area contributed by atoms with Crippen LogP contribution in [-0.2, 0) is 13.6 Å². The van der Waals surface area contributed by atoms with Gasteiger partial charge in [0.25, 0.3) is 0 Å². The first-order chi connectivity index (χ1) is 17.5. The summed E-state index contributed by atoms with van der Waals surface area (Å²) in [5.41, 5.74) is 11.6. The SMILES string of the molecule is Cc1cc(-c2ccccc2C)[n+](CC(C)c2ccccc2-c2cccc[n+]2C)cc1-c1ccccc1. The third kappa shape index (κ3) is 4.72. The molecule has 2 heteroatoms. The largest absolute Gasteiger partial charge is 0.213 e. The van der Waals surface area contributed by atoms with Gasteiger partial charge in [-0.3, -0.25) is 0 Å². The predicted octanol–water partition coefficient (Wildman–Crippen LogP) is 7.22. The molecular weight excluding hydrogens is 436 g/mol. The zero-order valence-electron chi connectivity index (χ0n) is 21.6. The van der Waals surface area contributed by atoms with Gasteiger partial charge in [-0.1, -0.05) is 73.7 Å². The summed E-state index contributed by atoms with van der Waals surface area (Å²) in [4.78, 5) is 0. The fourth-order valence-corrected chi connectivity index (χ4v) is 5.21. The molecule has 0 radical (unpaired) electrons. The number of hydrogen-bond donors (Lipinski definition) is 0. The quantitative estimate of drug-likeness (QED) is 0.231. The van der Waals surface area contributed by atoms with Crippen molar-refractivity contribution < 1.29 is 9.13 Å². The molecule has 0 amide bonds. The molecule has 2 heterocycles. The Morgan fingerprint density at radius 2 is 1.31 bits per heavy atom. The van der Waals surface area contributed by atoms with Crippen LogP contribution in [0.15, 0.2) is 116 Å². The number of hydrogen-bond acceptors (Lipinski definition) is 0. The smallest absolute Gasteiger partial charge is 0.201 e. The molecule has 0 aliphatic rings. The van der Waals surface area contributed by atoms with Gasteiger partial charge in [-0.2, -0.15) is 4.57 Å². The first kappa shape index (κ1) is 23.7. The van der Waals surface area contributed by atoms with E-state index in [1.807, 2.05) is 0 Å². The molecule has 0 aliphatic heterocycles. The number of rotatable bonds is 6. The minimum atomic E-state index is 0.320. The lowest BCUT2D eigenvalue weighted by atomic mass is 9.92. The summed E-state index contributed by atoms with van der Waals surface area (Å²) < 4.78 is 4.67. The van der Waals surface area contributed by atoms with Gasteiger partial charge in [0.05, 0.1) is 0 Å². The first-order valence-corrected chi connectivity index (χ1v) is 12.7. The second kappa shape index (κ2) is 10.3. The van der Waals surface area contributed by atoms with Crippen molar-refractivity contribution in [1.29, 1.82) is 0 Å². The number of pyridine rings is 2. The van der Waals surface area contributed by atoms with Crippen molar-refractivity contribution in [2.75, 3.05) is 0 Å². The Morgan fingerprint density at radius 1 is 0.639 bits per heavy atom. The van der Waals surface area contributed by atoms with Crippen LogP contribution < -0.4 is 9.13 Å². The monoisotopic (exact) mass is 470 g/mol. The molecule has 1 atom stereocenters. The molecule has 178 valence electrons. The van der Waals surface area contributed by atoms with E-state index in [0.29, 0.717) is 5.92 Å². The van der Waals surface area contributed by atoms with Crippen molar-refractivity contribution in [2.45, 2.75) is 33.2 Å². The number of aromatic nitrogens is 2.